The molecule has 0 aliphatic carbocycles. The van der Waals surface area contributed by atoms with Crippen LogP contribution in [0.1, 0.15) is 13.3 Å². The monoisotopic (exact) mass is 161 g/mol. The van der Waals surface area contributed by atoms with E-state index in [1.807, 2.05) is 6.92 Å². The average Bonchev–Trinajstić information content (AvgIpc) is 1.37. The minimum Gasteiger partial charge on any atom is -0.303 e. The molecule has 0 aromatic carbocycles. The Morgan fingerprint density at radius 3 is 2.00 bits per heavy atom. The molecule has 0 saturated carbocycles. The Morgan fingerprint density at radius 2 is 2.00 bits per heavy atom. The third-order valence-corrected chi connectivity index (χ3v) is 0.167. The topological polar surface area (TPSA) is 17.1 Å². The van der Waals surface area contributed by atoms with Crippen molar-refractivity contribution in [1.82, 2.24) is 0 Å². The molecule has 0 N–H and O–H groups in total. The van der Waals surface area contributed by atoms with Gasteiger partial charge in [-0.25, -0.2) is 0 Å². The SMILES string of the molecule is CCC=O.[Rh]. The van der Waals surface area contributed by atoms with Crippen molar-refractivity contribution in [3.63, 3.8) is 0 Å². The molecule has 0 atom stereocenters. The summed E-state index contributed by atoms with van der Waals surface area (Å²) in [6.07, 6.45) is 1.51. The van der Waals surface area contributed by atoms with Gasteiger partial charge >= 0.3 is 0 Å². The Balaban J connectivity index is 0. The molecule has 0 heterocycles. The fourth-order valence-electron chi connectivity index (χ4n) is 0. The zero-order valence-electron chi connectivity index (χ0n) is 3.03. The molecule has 2 heteroatoms. The van der Waals surface area contributed by atoms with Gasteiger partial charge in [0.2, 0.25) is 0 Å². The van der Waals surface area contributed by atoms with Gasteiger partial charge in [0.25, 0.3) is 0 Å². The van der Waals surface area contributed by atoms with Gasteiger partial charge in [-0.2, -0.15) is 0 Å². The first-order valence-corrected chi connectivity index (χ1v) is 1.35. The van der Waals surface area contributed by atoms with E-state index < -0.39 is 0 Å². The van der Waals surface area contributed by atoms with Crippen LogP contribution in [0.25, 0.3) is 0 Å². The summed E-state index contributed by atoms with van der Waals surface area (Å²) in [5.74, 6) is 0. The van der Waals surface area contributed by atoms with E-state index in [1.54, 1.807) is 0 Å². The molecule has 0 aliphatic heterocycles. The normalized spacial score (nSPS) is 5.00. The van der Waals surface area contributed by atoms with E-state index in [2.05, 4.69) is 0 Å². The van der Waals surface area contributed by atoms with Gasteiger partial charge in [-0.3, -0.25) is 0 Å². The number of carbonyl (C=O) groups excluding carboxylic acids is 1. The standard InChI is InChI=1S/C3H6O.Rh/c1-2-3-4;/h3H,2H2,1H3;. The van der Waals surface area contributed by atoms with Crippen LogP contribution in [-0.2, 0) is 24.3 Å². The Morgan fingerprint density at radius 1 is 1.80 bits per heavy atom. The number of rotatable bonds is 1. The van der Waals surface area contributed by atoms with Gasteiger partial charge in [-0.05, 0) is 0 Å². The van der Waals surface area contributed by atoms with Gasteiger partial charge in [0.05, 0.1) is 0 Å². The van der Waals surface area contributed by atoms with E-state index in [-0.39, 0.29) is 19.5 Å². The fraction of sp³-hybridized carbons (Fsp3) is 0.667. The molecule has 0 fully saturated rings. The zero-order valence-corrected chi connectivity index (χ0v) is 4.66. The van der Waals surface area contributed by atoms with Crippen LogP contribution in [0.2, 0.25) is 0 Å². The second-order valence-electron chi connectivity index (χ2n) is 0.575. The molecule has 0 spiro atoms. The van der Waals surface area contributed by atoms with Crippen molar-refractivity contribution in [2.75, 3.05) is 0 Å². The predicted molar refractivity (Wildman–Crippen MR) is 16.4 cm³/mol. The first-order chi connectivity index (χ1) is 1.91. The molecule has 0 rings (SSSR count). The van der Waals surface area contributed by atoms with Gasteiger partial charge in [-0.1, -0.05) is 6.92 Å². The summed E-state index contributed by atoms with van der Waals surface area (Å²) >= 11 is 0. The second kappa shape index (κ2) is 8.85. The predicted octanol–water partition coefficient (Wildman–Crippen LogP) is 0.593. The van der Waals surface area contributed by atoms with Crippen LogP contribution in [0, 0.1) is 0 Å². The van der Waals surface area contributed by atoms with Crippen LogP contribution >= 0.6 is 0 Å². The smallest absolute Gasteiger partial charge is 0.119 e. The van der Waals surface area contributed by atoms with E-state index >= 15 is 0 Å². The summed E-state index contributed by atoms with van der Waals surface area (Å²) in [6.45, 7) is 1.81. The number of aldehydes is 1. The van der Waals surface area contributed by atoms with Crippen molar-refractivity contribution in [1.29, 1.82) is 0 Å². The summed E-state index contributed by atoms with van der Waals surface area (Å²) in [5, 5.41) is 0. The maximum Gasteiger partial charge on any atom is 0.119 e. The van der Waals surface area contributed by atoms with Gasteiger partial charge in [0.1, 0.15) is 6.29 Å². The summed E-state index contributed by atoms with van der Waals surface area (Å²) in [6, 6.07) is 0. The Bertz CT molecular complexity index is 20.9. The largest absolute Gasteiger partial charge is 0.303 e. The summed E-state index contributed by atoms with van der Waals surface area (Å²) in [7, 11) is 0. The maximum absolute atomic E-state index is 9.17. The maximum atomic E-state index is 9.17. The zero-order chi connectivity index (χ0) is 3.41. The van der Waals surface area contributed by atoms with Crippen molar-refractivity contribution in [2.45, 2.75) is 13.3 Å². The van der Waals surface area contributed by atoms with Crippen molar-refractivity contribution in [3.8, 4) is 0 Å². The third kappa shape index (κ3) is 13.5. The van der Waals surface area contributed by atoms with E-state index in [0.717, 1.165) is 6.29 Å². The summed E-state index contributed by atoms with van der Waals surface area (Å²) in [5.41, 5.74) is 0. The molecule has 0 saturated heterocycles. The minimum absolute atomic E-state index is 0. The molecule has 0 amide bonds. The van der Waals surface area contributed by atoms with Crippen molar-refractivity contribution < 1.29 is 24.3 Å². The van der Waals surface area contributed by atoms with E-state index in [1.165, 1.54) is 0 Å². The molecule has 0 aromatic heterocycles. The van der Waals surface area contributed by atoms with Crippen LogP contribution in [0.15, 0.2) is 0 Å². The van der Waals surface area contributed by atoms with Crippen LogP contribution < -0.4 is 0 Å². The van der Waals surface area contributed by atoms with Crippen molar-refractivity contribution in [3.05, 3.63) is 0 Å². The molecule has 33 valence electrons. The Hall–Kier alpha value is 0.293. The molecule has 0 bridgehead atoms. The second-order valence-corrected chi connectivity index (χ2v) is 0.575. The molecule has 1 radical (unpaired) electrons. The van der Waals surface area contributed by atoms with Gasteiger partial charge < -0.3 is 4.79 Å². The number of carbonyl (C=O) groups is 1. The summed E-state index contributed by atoms with van der Waals surface area (Å²) in [4.78, 5) is 9.17. The van der Waals surface area contributed by atoms with Crippen LogP contribution in [-0.4, -0.2) is 6.29 Å². The number of hydrogen-bond donors (Lipinski definition) is 0. The van der Waals surface area contributed by atoms with Crippen molar-refractivity contribution in [2.24, 2.45) is 0 Å². The molecule has 0 aliphatic rings. The fourth-order valence-corrected chi connectivity index (χ4v) is 0. The average molecular weight is 161 g/mol. The van der Waals surface area contributed by atoms with E-state index in [0.29, 0.717) is 6.42 Å². The van der Waals surface area contributed by atoms with Gasteiger partial charge in [0, 0.05) is 25.9 Å². The molecule has 0 aromatic rings. The molecule has 0 unspecified atom stereocenters. The van der Waals surface area contributed by atoms with Crippen LogP contribution in [0.3, 0.4) is 0 Å². The minimum atomic E-state index is 0. The van der Waals surface area contributed by atoms with Gasteiger partial charge in [0.15, 0.2) is 0 Å². The first-order valence-electron chi connectivity index (χ1n) is 1.35. The molecular weight excluding hydrogens is 155 g/mol. The molecule has 1 nitrogen and oxygen atoms in total. The molecular formula is C3H6ORh. The van der Waals surface area contributed by atoms with Crippen molar-refractivity contribution >= 4 is 6.29 Å². The molecule has 5 heavy (non-hydrogen) atoms. The first kappa shape index (κ1) is 9.00. The van der Waals surface area contributed by atoms with Gasteiger partial charge in [-0.15, -0.1) is 0 Å². The number of hydrogen-bond acceptors (Lipinski definition) is 1. The summed E-state index contributed by atoms with van der Waals surface area (Å²) < 4.78 is 0. The van der Waals surface area contributed by atoms with E-state index in [4.69, 9.17) is 0 Å². The van der Waals surface area contributed by atoms with Crippen LogP contribution in [0.4, 0.5) is 0 Å². The Kier molecular flexibility index (Phi) is 15.9. The third-order valence-electron chi connectivity index (χ3n) is 0.167. The van der Waals surface area contributed by atoms with E-state index in [9.17, 15) is 4.79 Å². The van der Waals surface area contributed by atoms with Crippen LogP contribution in [0.5, 0.6) is 0 Å². The Labute approximate surface area is 44.5 Å². The quantitative estimate of drug-likeness (QED) is 0.406.